The predicted octanol–water partition coefficient (Wildman–Crippen LogP) is 2.80. The molecule has 1 aliphatic rings. The lowest BCUT2D eigenvalue weighted by Crippen LogP contribution is -2.01. The quantitative estimate of drug-likeness (QED) is 0.617. The first-order chi connectivity index (χ1) is 8.27. The van der Waals surface area contributed by atoms with Gasteiger partial charge in [-0.15, -0.1) is 22.7 Å². The molecule has 0 aromatic carbocycles. The largest absolute Gasteiger partial charge is 0.386 e. The first-order valence-electron chi connectivity index (χ1n) is 4.86. The third-order valence-electron chi connectivity index (χ3n) is 2.38. The zero-order valence-corrected chi connectivity index (χ0v) is 10.1. The Bertz CT molecular complexity index is 552. The summed E-state index contributed by atoms with van der Waals surface area (Å²) in [7, 11) is 0. The number of carbonyl (C=O) groups is 2. The summed E-state index contributed by atoms with van der Waals surface area (Å²) in [6.07, 6.45) is 0. The minimum atomic E-state index is -0.555. The Hall–Kier alpha value is -1.72. The second-order valence-electron chi connectivity index (χ2n) is 3.38. The van der Waals surface area contributed by atoms with Crippen LogP contribution in [0.5, 0.6) is 0 Å². The minimum Gasteiger partial charge on any atom is -0.386 e. The number of thiophene rings is 2. The average molecular weight is 262 g/mol. The highest BCUT2D eigenvalue weighted by molar-refractivity contribution is 7.13. The zero-order valence-electron chi connectivity index (χ0n) is 8.51. The lowest BCUT2D eigenvalue weighted by Gasteiger charge is -1.96. The van der Waals surface area contributed by atoms with Gasteiger partial charge in [0, 0.05) is 9.75 Å². The van der Waals surface area contributed by atoms with Crippen LogP contribution in [-0.2, 0) is 14.3 Å². The molecule has 2 aromatic heterocycles. The summed E-state index contributed by atoms with van der Waals surface area (Å²) >= 11 is 2.84. The number of cyclic esters (lactones) is 2. The molecule has 17 heavy (non-hydrogen) atoms. The molecule has 0 saturated carbocycles. The van der Waals surface area contributed by atoms with Crippen LogP contribution in [0.4, 0.5) is 0 Å². The molecular formula is C12H6O3S2. The summed E-state index contributed by atoms with van der Waals surface area (Å²) in [5.41, 5.74) is 0.764. The smallest absolute Gasteiger partial charge is 0.348 e. The van der Waals surface area contributed by atoms with Crippen LogP contribution in [0.1, 0.15) is 9.75 Å². The molecule has 3 heterocycles. The van der Waals surface area contributed by atoms with Gasteiger partial charge in [-0.25, -0.2) is 9.59 Å². The Balaban J connectivity index is 2.24. The maximum Gasteiger partial charge on any atom is 0.348 e. The fraction of sp³-hybridized carbons (Fsp3) is 0. The molecule has 5 heteroatoms. The molecule has 0 N–H and O–H groups in total. The van der Waals surface area contributed by atoms with Crippen LogP contribution in [0.2, 0.25) is 0 Å². The maximum atomic E-state index is 11.7. The van der Waals surface area contributed by atoms with Gasteiger partial charge in [0.15, 0.2) is 0 Å². The van der Waals surface area contributed by atoms with E-state index in [0.717, 1.165) is 9.75 Å². The lowest BCUT2D eigenvalue weighted by atomic mass is 10.1. The van der Waals surface area contributed by atoms with Crippen LogP contribution in [0.25, 0.3) is 11.1 Å². The van der Waals surface area contributed by atoms with E-state index in [-0.39, 0.29) is 0 Å². The maximum absolute atomic E-state index is 11.7. The fourth-order valence-corrected chi connectivity index (χ4v) is 3.21. The second-order valence-corrected chi connectivity index (χ2v) is 5.28. The van der Waals surface area contributed by atoms with Gasteiger partial charge >= 0.3 is 11.9 Å². The van der Waals surface area contributed by atoms with E-state index in [1.165, 1.54) is 22.7 Å². The third-order valence-corrected chi connectivity index (χ3v) is 4.15. The highest BCUT2D eigenvalue weighted by atomic mass is 32.1. The predicted molar refractivity (Wildman–Crippen MR) is 66.6 cm³/mol. The van der Waals surface area contributed by atoms with Crippen molar-refractivity contribution in [1.29, 1.82) is 0 Å². The van der Waals surface area contributed by atoms with Crippen molar-refractivity contribution in [3.8, 4) is 0 Å². The van der Waals surface area contributed by atoms with Crippen molar-refractivity contribution in [2.75, 3.05) is 0 Å². The topological polar surface area (TPSA) is 43.4 Å². The molecule has 0 saturated heterocycles. The van der Waals surface area contributed by atoms with E-state index in [1.807, 2.05) is 35.0 Å². The van der Waals surface area contributed by atoms with Gasteiger partial charge in [0.2, 0.25) is 0 Å². The van der Waals surface area contributed by atoms with Crippen molar-refractivity contribution in [3.63, 3.8) is 0 Å². The van der Waals surface area contributed by atoms with Crippen LogP contribution in [0.15, 0.2) is 35.0 Å². The van der Waals surface area contributed by atoms with Gasteiger partial charge in [-0.1, -0.05) is 12.1 Å². The Morgan fingerprint density at radius 3 is 1.65 bits per heavy atom. The Kier molecular flexibility index (Phi) is 2.42. The molecule has 84 valence electrons. The molecule has 0 amide bonds. The standard InChI is InChI=1S/C12H6O3S2/c13-11-9(7-3-1-5-16-7)10(12(14)15-11)8-4-2-6-17-8/h1-6H. The zero-order chi connectivity index (χ0) is 11.8. The lowest BCUT2D eigenvalue weighted by molar-refractivity contribution is -0.149. The van der Waals surface area contributed by atoms with E-state index in [0.29, 0.717) is 11.1 Å². The number of esters is 2. The van der Waals surface area contributed by atoms with Crippen LogP contribution in [0, 0.1) is 0 Å². The van der Waals surface area contributed by atoms with E-state index >= 15 is 0 Å². The number of carbonyl (C=O) groups excluding carboxylic acids is 2. The average Bonchev–Trinajstić information content (AvgIpc) is 2.98. The van der Waals surface area contributed by atoms with Crippen LogP contribution in [-0.4, -0.2) is 11.9 Å². The van der Waals surface area contributed by atoms with Gasteiger partial charge in [-0.05, 0) is 22.9 Å². The number of hydrogen-bond donors (Lipinski definition) is 0. The van der Waals surface area contributed by atoms with Gasteiger partial charge in [-0.2, -0.15) is 0 Å². The molecule has 0 aliphatic carbocycles. The minimum absolute atomic E-state index is 0.382. The Morgan fingerprint density at radius 1 is 0.824 bits per heavy atom. The number of ether oxygens (including phenoxy) is 1. The van der Waals surface area contributed by atoms with E-state index in [2.05, 4.69) is 0 Å². The van der Waals surface area contributed by atoms with Gasteiger partial charge in [0.05, 0.1) is 11.1 Å². The van der Waals surface area contributed by atoms with Crippen molar-refractivity contribution in [1.82, 2.24) is 0 Å². The molecule has 2 aromatic rings. The summed E-state index contributed by atoms with van der Waals surface area (Å²) in [4.78, 5) is 24.9. The fourth-order valence-electron chi connectivity index (χ4n) is 1.68. The molecule has 0 fully saturated rings. The number of rotatable bonds is 2. The summed E-state index contributed by atoms with van der Waals surface area (Å²) in [6.45, 7) is 0. The van der Waals surface area contributed by atoms with Crippen molar-refractivity contribution >= 4 is 45.8 Å². The molecular weight excluding hydrogens is 256 g/mol. The van der Waals surface area contributed by atoms with Crippen molar-refractivity contribution in [2.45, 2.75) is 0 Å². The van der Waals surface area contributed by atoms with Crippen molar-refractivity contribution in [3.05, 3.63) is 44.8 Å². The van der Waals surface area contributed by atoms with Crippen LogP contribution >= 0.6 is 22.7 Å². The van der Waals surface area contributed by atoms with Gasteiger partial charge < -0.3 is 4.74 Å². The molecule has 0 unspecified atom stereocenters. The van der Waals surface area contributed by atoms with Gasteiger partial charge in [-0.3, -0.25) is 0 Å². The molecule has 3 nitrogen and oxygen atoms in total. The molecule has 3 rings (SSSR count). The first kappa shape index (κ1) is 10.4. The highest BCUT2D eigenvalue weighted by Gasteiger charge is 2.35. The Labute approximate surface area is 105 Å². The summed E-state index contributed by atoms with van der Waals surface area (Å²) in [5.74, 6) is -1.11. The highest BCUT2D eigenvalue weighted by Crippen LogP contribution is 2.37. The van der Waals surface area contributed by atoms with Crippen molar-refractivity contribution < 1.29 is 14.3 Å². The SMILES string of the molecule is O=C1OC(=O)C(c2cccs2)=C1c1cccs1. The van der Waals surface area contributed by atoms with E-state index in [4.69, 9.17) is 4.74 Å². The molecule has 0 radical (unpaired) electrons. The van der Waals surface area contributed by atoms with E-state index < -0.39 is 11.9 Å². The van der Waals surface area contributed by atoms with Gasteiger partial charge in [0.25, 0.3) is 0 Å². The van der Waals surface area contributed by atoms with Crippen molar-refractivity contribution in [2.24, 2.45) is 0 Å². The molecule has 0 bridgehead atoms. The third kappa shape index (κ3) is 1.64. The van der Waals surface area contributed by atoms with Crippen LogP contribution in [0.3, 0.4) is 0 Å². The summed E-state index contributed by atoms with van der Waals surface area (Å²) in [5, 5.41) is 3.73. The molecule has 0 atom stereocenters. The molecule has 0 spiro atoms. The monoisotopic (exact) mass is 262 g/mol. The first-order valence-corrected chi connectivity index (χ1v) is 6.62. The Morgan fingerprint density at radius 2 is 1.29 bits per heavy atom. The molecule has 1 aliphatic heterocycles. The van der Waals surface area contributed by atoms with Crippen LogP contribution < -0.4 is 0 Å². The summed E-state index contributed by atoms with van der Waals surface area (Å²) in [6, 6.07) is 7.31. The van der Waals surface area contributed by atoms with E-state index in [9.17, 15) is 9.59 Å². The normalized spacial score (nSPS) is 15.5. The van der Waals surface area contributed by atoms with E-state index in [1.54, 1.807) is 0 Å². The summed E-state index contributed by atoms with van der Waals surface area (Å²) < 4.78 is 4.70. The van der Waals surface area contributed by atoms with Gasteiger partial charge in [0.1, 0.15) is 0 Å². The number of hydrogen-bond acceptors (Lipinski definition) is 5. The second kappa shape index (κ2) is 3.94.